The molecule has 3 rings (SSSR count). The summed E-state index contributed by atoms with van der Waals surface area (Å²) in [7, 11) is 1.53. The van der Waals surface area contributed by atoms with Crippen LogP contribution in [0.4, 0.5) is 4.79 Å². The van der Waals surface area contributed by atoms with Gasteiger partial charge in [-0.15, -0.1) is 0 Å². The first-order valence-corrected chi connectivity index (χ1v) is 10.4. The number of carbonyl (C=O) groups excluding carboxylic acids is 1. The molecule has 0 saturated carbocycles. The maximum Gasteiger partial charge on any atom is 0.407 e. The second kappa shape index (κ2) is 9.57. The summed E-state index contributed by atoms with van der Waals surface area (Å²) in [5.41, 5.74) is 1.36. The maximum absolute atomic E-state index is 12.5. The van der Waals surface area contributed by atoms with E-state index in [0.29, 0.717) is 28.9 Å². The van der Waals surface area contributed by atoms with Crippen LogP contribution in [-0.4, -0.2) is 53.0 Å². The van der Waals surface area contributed by atoms with E-state index in [2.05, 4.69) is 20.6 Å². The lowest BCUT2D eigenvalue weighted by Crippen LogP contribution is -2.48. The molecule has 3 atom stereocenters. The van der Waals surface area contributed by atoms with Crippen molar-refractivity contribution in [2.24, 2.45) is 5.92 Å². The minimum atomic E-state index is -0.822. The van der Waals surface area contributed by atoms with E-state index in [1.54, 1.807) is 6.20 Å². The molecular formula is C22H32N4O4. The van der Waals surface area contributed by atoms with E-state index < -0.39 is 17.8 Å². The molecular weight excluding hydrogens is 384 g/mol. The summed E-state index contributed by atoms with van der Waals surface area (Å²) >= 11 is 0. The number of aromatic nitrogens is 2. The molecule has 164 valence electrons. The van der Waals surface area contributed by atoms with Gasteiger partial charge in [0.25, 0.3) is 0 Å². The van der Waals surface area contributed by atoms with E-state index in [0.717, 1.165) is 25.9 Å². The average Bonchev–Trinajstić information content (AvgIpc) is 2.71. The third-order valence-electron chi connectivity index (χ3n) is 5.23. The Bertz CT molecular complexity index is 862. The monoisotopic (exact) mass is 416 g/mol. The molecule has 0 radical (unpaired) electrons. The standard InChI is InChI=1S/C22H32N4O4/c1-22(2,3)30-21(28)25-17(14-7-6-10-23-12-14)11-18(27)15-8-5-9-16-20(15)26-19(29-4)13-24-16/h5,8-9,13-14,17-18,23,27H,6-7,10-12H2,1-4H3,(H,25,28). The van der Waals surface area contributed by atoms with Crippen LogP contribution in [0.3, 0.4) is 0 Å². The number of aliphatic hydroxyl groups is 1. The normalized spacial score (nSPS) is 19.2. The van der Waals surface area contributed by atoms with E-state index in [1.165, 1.54) is 7.11 Å². The third-order valence-corrected chi connectivity index (χ3v) is 5.23. The van der Waals surface area contributed by atoms with Gasteiger partial charge in [-0.05, 0) is 65.1 Å². The first-order chi connectivity index (χ1) is 14.3. The number of hydrogen-bond donors (Lipinski definition) is 3. The van der Waals surface area contributed by atoms with Gasteiger partial charge >= 0.3 is 6.09 Å². The lowest BCUT2D eigenvalue weighted by Gasteiger charge is -2.33. The second-order valence-corrected chi connectivity index (χ2v) is 8.74. The fourth-order valence-electron chi connectivity index (χ4n) is 3.82. The maximum atomic E-state index is 12.5. The van der Waals surface area contributed by atoms with Gasteiger partial charge in [-0.3, -0.25) is 0 Å². The number of rotatable bonds is 6. The third kappa shape index (κ3) is 5.79. The van der Waals surface area contributed by atoms with Crippen LogP contribution in [0.5, 0.6) is 5.88 Å². The highest BCUT2D eigenvalue weighted by atomic mass is 16.6. The number of hydrogen-bond acceptors (Lipinski definition) is 7. The molecule has 1 aromatic carbocycles. The Morgan fingerprint density at radius 2 is 2.20 bits per heavy atom. The number of aliphatic hydroxyl groups excluding tert-OH is 1. The van der Waals surface area contributed by atoms with E-state index in [1.807, 2.05) is 39.0 Å². The highest BCUT2D eigenvalue weighted by molar-refractivity contribution is 5.78. The Labute approximate surface area is 177 Å². The van der Waals surface area contributed by atoms with E-state index in [9.17, 15) is 9.90 Å². The second-order valence-electron chi connectivity index (χ2n) is 8.74. The predicted molar refractivity (Wildman–Crippen MR) is 114 cm³/mol. The Kier molecular flexibility index (Phi) is 7.10. The highest BCUT2D eigenvalue weighted by Gasteiger charge is 2.30. The lowest BCUT2D eigenvalue weighted by molar-refractivity contribution is 0.0445. The molecule has 1 aliphatic heterocycles. The summed E-state index contributed by atoms with van der Waals surface area (Å²) < 4.78 is 10.7. The molecule has 1 aliphatic rings. The summed E-state index contributed by atoms with van der Waals surface area (Å²) in [5.74, 6) is 0.596. The smallest absolute Gasteiger partial charge is 0.407 e. The predicted octanol–water partition coefficient (Wildman–Crippen LogP) is 2.95. The largest absolute Gasteiger partial charge is 0.480 e. The zero-order valence-electron chi connectivity index (χ0n) is 18.1. The molecule has 1 fully saturated rings. The number of nitrogens with one attached hydrogen (secondary N) is 2. The van der Waals surface area contributed by atoms with Gasteiger partial charge < -0.3 is 25.2 Å². The van der Waals surface area contributed by atoms with Crippen molar-refractivity contribution in [2.75, 3.05) is 20.2 Å². The van der Waals surface area contributed by atoms with Gasteiger partial charge in [-0.25, -0.2) is 14.8 Å². The molecule has 1 aromatic heterocycles. The minimum Gasteiger partial charge on any atom is -0.480 e. The molecule has 2 aromatic rings. The van der Waals surface area contributed by atoms with Crippen molar-refractivity contribution in [3.63, 3.8) is 0 Å². The van der Waals surface area contributed by atoms with E-state index in [4.69, 9.17) is 9.47 Å². The van der Waals surface area contributed by atoms with Crippen LogP contribution >= 0.6 is 0 Å². The molecule has 1 amide bonds. The number of piperidine rings is 1. The van der Waals surface area contributed by atoms with Crippen LogP contribution in [-0.2, 0) is 4.74 Å². The van der Waals surface area contributed by atoms with Crippen LogP contribution in [0.15, 0.2) is 24.4 Å². The number of alkyl carbamates (subject to hydrolysis) is 1. The van der Waals surface area contributed by atoms with E-state index in [-0.39, 0.29) is 12.0 Å². The first kappa shape index (κ1) is 22.2. The van der Waals surface area contributed by atoms with E-state index >= 15 is 0 Å². The summed E-state index contributed by atoms with van der Waals surface area (Å²) in [5, 5.41) is 17.5. The minimum absolute atomic E-state index is 0.205. The average molecular weight is 417 g/mol. The first-order valence-electron chi connectivity index (χ1n) is 10.4. The zero-order valence-corrected chi connectivity index (χ0v) is 18.1. The van der Waals surface area contributed by atoms with Crippen LogP contribution in [0.2, 0.25) is 0 Å². The summed E-state index contributed by atoms with van der Waals surface area (Å²) in [6.45, 7) is 7.26. The van der Waals surface area contributed by atoms with Crippen molar-refractivity contribution < 1.29 is 19.4 Å². The summed E-state index contributed by atoms with van der Waals surface area (Å²) in [4.78, 5) is 21.3. The van der Waals surface area contributed by atoms with Gasteiger partial charge in [0.2, 0.25) is 5.88 Å². The van der Waals surface area contributed by atoms with Crippen molar-refractivity contribution in [3.8, 4) is 5.88 Å². The molecule has 30 heavy (non-hydrogen) atoms. The summed E-state index contributed by atoms with van der Waals surface area (Å²) in [6, 6.07) is 5.29. The van der Waals surface area contributed by atoms with Crippen LogP contribution < -0.4 is 15.4 Å². The van der Waals surface area contributed by atoms with Gasteiger partial charge in [-0.2, -0.15) is 0 Å². The number of methoxy groups -OCH3 is 1. The number of nitrogens with zero attached hydrogens (tertiary/aromatic N) is 2. The lowest BCUT2D eigenvalue weighted by atomic mass is 9.87. The number of amides is 1. The number of ether oxygens (including phenoxy) is 2. The van der Waals surface area contributed by atoms with Crippen molar-refractivity contribution >= 4 is 17.1 Å². The Balaban J connectivity index is 1.82. The Morgan fingerprint density at radius 1 is 1.40 bits per heavy atom. The quantitative estimate of drug-likeness (QED) is 0.665. The molecule has 3 N–H and O–H groups in total. The Morgan fingerprint density at radius 3 is 2.87 bits per heavy atom. The van der Waals surface area contributed by atoms with Crippen molar-refractivity contribution in [1.29, 1.82) is 0 Å². The fraction of sp³-hybridized carbons (Fsp3) is 0.591. The SMILES string of the molecule is COc1cnc2cccc(C(O)CC(NC(=O)OC(C)(C)C)C3CCCNC3)c2n1. The van der Waals surface area contributed by atoms with Gasteiger partial charge in [-0.1, -0.05) is 12.1 Å². The molecule has 0 spiro atoms. The van der Waals surface area contributed by atoms with Crippen molar-refractivity contribution in [3.05, 3.63) is 30.0 Å². The molecule has 2 heterocycles. The number of para-hydroxylation sites is 1. The number of carbonyl (C=O) groups is 1. The molecule has 8 heteroatoms. The Hall–Kier alpha value is -2.45. The topological polar surface area (TPSA) is 106 Å². The molecule has 3 unspecified atom stereocenters. The number of fused-ring (bicyclic) bond motifs is 1. The van der Waals surface area contributed by atoms with Gasteiger partial charge in [0.1, 0.15) is 5.60 Å². The molecule has 0 aliphatic carbocycles. The fourth-order valence-corrected chi connectivity index (χ4v) is 3.82. The van der Waals surface area contributed by atoms with Crippen LogP contribution in [0, 0.1) is 5.92 Å². The van der Waals surface area contributed by atoms with Crippen LogP contribution in [0.25, 0.3) is 11.0 Å². The number of benzene rings is 1. The van der Waals surface area contributed by atoms with Gasteiger partial charge in [0, 0.05) is 11.6 Å². The molecule has 1 saturated heterocycles. The highest BCUT2D eigenvalue weighted by Crippen LogP contribution is 2.29. The molecule has 8 nitrogen and oxygen atoms in total. The van der Waals surface area contributed by atoms with Crippen molar-refractivity contribution in [2.45, 2.75) is 57.8 Å². The molecule has 0 bridgehead atoms. The summed E-state index contributed by atoms with van der Waals surface area (Å²) in [6.07, 6.45) is 2.62. The van der Waals surface area contributed by atoms with Gasteiger partial charge in [0.15, 0.2) is 0 Å². The van der Waals surface area contributed by atoms with Gasteiger partial charge in [0.05, 0.1) is 30.4 Å². The van der Waals surface area contributed by atoms with Crippen molar-refractivity contribution in [1.82, 2.24) is 20.6 Å². The zero-order chi connectivity index (χ0) is 21.7. The van der Waals surface area contributed by atoms with Crippen LogP contribution in [0.1, 0.15) is 51.7 Å².